The summed E-state index contributed by atoms with van der Waals surface area (Å²) in [5, 5.41) is 5.20. The molecule has 0 aromatic carbocycles. The van der Waals surface area contributed by atoms with Gasteiger partial charge in [0.2, 0.25) is 5.91 Å². The van der Waals surface area contributed by atoms with Gasteiger partial charge in [0.15, 0.2) is 0 Å². The standard InChI is InChI=1S/C18H27N3O3S2/c1-19-15(22)12-20-17(23)14-11-13-3-9-24-18(16(13)26-14)4-6-21(7-5-18)8-10-25-2/h11H,3-10,12H2,1-2H3,(H,19,22)(H,20,23). The van der Waals surface area contributed by atoms with E-state index in [1.165, 1.54) is 21.8 Å². The van der Waals surface area contributed by atoms with Gasteiger partial charge in [0.1, 0.15) is 5.60 Å². The zero-order valence-electron chi connectivity index (χ0n) is 15.4. The number of hydrogen-bond donors (Lipinski definition) is 2. The highest BCUT2D eigenvalue weighted by atomic mass is 32.2. The van der Waals surface area contributed by atoms with Crippen molar-refractivity contribution in [2.45, 2.75) is 24.9 Å². The molecule has 3 heterocycles. The van der Waals surface area contributed by atoms with Crippen molar-refractivity contribution in [3.63, 3.8) is 0 Å². The number of ether oxygens (including phenoxy) is 1. The minimum atomic E-state index is -0.229. The second-order valence-corrected chi connectivity index (χ2v) is 8.79. The molecule has 0 unspecified atom stereocenters. The van der Waals surface area contributed by atoms with Gasteiger partial charge >= 0.3 is 0 Å². The van der Waals surface area contributed by atoms with E-state index in [2.05, 4.69) is 21.8 Å². The summed E-state index contributed by atoms with van der Waals surface area (Å²) in [6.45, 7) is 3.92. The Morgan fingerprint density at radius 2 is 2.15 bits per heavy atom. The Hall–Kier alpha value is -1.09. The first-order chi connectivity index (χ1) is 12.6. The molecule has 0 saturated carbocycles. The smallest absolute Gasteiger partial charge is 0.261 e. The number of piperidine rings is 1. The maximum absolute atomic E-state index is 12.4. The molecule has 0 radical (unpaired) electrons. The molecule has 8 heteroatoms. The number of likely N-dealkylation sites (N-methyl/N-ethyl adjacent to an activating group) is 1. The molecule has 1 aromatic rings. The average Bonchev–Trinajstić information content (AvgIpc) is 3.11. The summed E-state index contributed by atoms with van der Waals surface area (Å²) in [5.41, 5.74) is 1.01. The highest BCUT2D eigenvalue weighted by molar-refractivity contribution is 7.98. The van der Waals surface area contributed by atoms with Gasteiger partial charge < -0.3 is 20.3 Å². The molecule has 0 bridgehead atoms. The molecule has 2 aliphatic rings. The van der Waals surface area contributed by atoms with Crippen molar-refractivity contribution in [3.8, 4) is 0 Å². The lowest BCUT2D eigenvalue weighted by molar-refractivity contribution is -0.119. The molecule has 2 aliphatic heterocycles. The maximum Gasteiger partial charge on any atom is 0.261 e. The first kappa shape index (κ1) is 19.7. The number of likely N-dealkylation sites (tertiary alicyclic amines) is 1. The van der Waals surface area contributed by atoms with E-state index in [1.54, 1.807) is 7.05 Å². The average molecular weight is 398 g/mol. The first-order valence-corrected chi connectivity index (χ1v) is 11.3. The number of rotatable bonds is 6. The number of amides is 2. The first-order valence-electron chi connectivity index (χ1n) is 9.05. The fraction of sp³-hybridized carbons (Fsp3) is 0.667. The topological polar surface area (TPSA) is 70.7 Å². The second kappa shape index (κ2) is 8.73. The monoisotopic (exact) mass is 397 g/mol. The Bertz CT molecular complexity index is 654. The van der Waals surface area contributed by atoms with Gasteiger partial charge in [0, 0.05) is 37.3 Å². The molecule has 2 amide bonds. The summed E-state index contributed by atoms with van der Waals surface area (Å²) < 4.78 is 6.28. The Labute approximate surface area is 163 Å². The zero-order valence-corrected chi connectivity index (χ0v) is 17.1. The zero-order chi connectivity index (χ0) is 18.6. The largest absolute Gasteiger partial charge is 0.369 e. The summed E-state index contributed by atoms with van der Waals surface area (Å²) in [7, 11) is 1.56. The molecule has 2 N–H and O–H groups in total. The van der Waals surface area contributed by atoms with Crippen LogP contribution >= 0.6 is 23.1 Å². The highest BCUT2D eigenvalue weighted by Gasteiger charge is 2.42. The molecule has 0 atom stereocenters. The van der Waals surface area contributed by atoms with Gasteiger partial charge in [0.25, 0.3) is 5.91 Å². The predicted molar refractivity (Wildman–Crippen MR) is 106 cm³/mol. The van der Waals surface area contributed by atoms with E-state index >= 15 is 0 Å². The number of carbonyl (C=O) groups is 2. The van der Waals surface area contributed by atoms with Crippen LogP contribution < -0.4 is 10.6 Å². The molecular formula is C18H27N3O3S2. The molecule has 144 valence electrons. The molecule has 1 fully saturated rings. The number of nitrogens with zero attached hydrogens (tertiary/aromatic N) is 1. The number of thiophene rings is 1. The van der Waals surface area contributed by atoms with Crippen LogP contribution in [0.1, 0.15) is 33.0 Å². The van der Waals surface area contributed by atoms with Crippen molar-refractivity contribution >= 4 is 34.9 Å². The van der Waals surface area contributed by atoms with Gasteiger partial charge in [0.05, 0.1) is 18.0 Å². The van der Waals surface area contributed by atoms with E-state index in [0.717, 1.165) is 44.6 Å². The van der Waals surface area contributed by atoms with Crippen LogP contribution in [0.4, 0.5) is 0 Å². The minimum Gasteiger partial charge on any atom is -0.369 e. The van der Waals surface area contributed by atoms with Crippen LogP contribution in [-0.4, -0.2) is 68.6 Å². The number of thioether (sulfide) groups is 1. The van der Waals surface area contributed by atoms with E-state index in [1.807, 2.05) is 17.8 Å². The molecule has 1 spiro atoms. The molecule has 3 rings (SSSR count). The van der Waals surface area contributed by atoms with E-state index in [-0.39, 0.29) is 24.0 Å². The van der Waals surface area contributed by atoms with Crippen molar-refractivity contribution < 1.29 is 14.3 Å². The molecule has 26 heavy (non-hydrogen) atoms. The van der Waals surface area contributed by atoms with Crippen molar-refractivity contribution in [2.24, 2.45) is 0 Å². The van der Waals surface area contributed by atoms with Crippen LogP contribution in [0.5, 0.6) is 0 Å². The van der Waals surface area contributed by atoms with Crippen LogP contribution in [0.3, 0.4) is 0 Å². The number of fused-ring (bicyclic) bond motifs is 2. The minimum absolute atomic E-state index is 0.00391. The summed E-state index contributed by atoms with van der Waals surface area (Å²) in [6, 6.07) is 1.99. The van der Waals surface area contributed by atoms with Crippen molar-refractivity contribution in [2.75, 3.05) is 51.8 Å². The summed E-state index contributed by atoms with van der Waals surface area (Å²) in [6.07, 6.45) is 4.96. The Morgan fingerprint density at radius 3 is 2.85 bits per heavy atom. The van der Waals surface area contributed by atoms with E-state index in [4.69, 9.17) is 4.74 Å². The quantitative estimate of drug-likeness (QED) is 0.760. The lowest BCUT2D eigenvalue weighted by Gasteiger charge is -2.43. The van der Waals surface area contributed by atoms with E-state index in [0.29, 0.717) is 11.5 Å². The fourth-order valence-electron chi connectivity index (χ4n) is 3.60. The third kappa shape index (κ3) is 4.24. The lowest BCUT2D eigenvalue weighted by atomic mass is 9.85. The third-order valence-electron chi connectivity index (χ3n) is 5.16. The van der Waals surface area contributed by atoms with Gasteiger partial charge in [-0.25, -0.2) is 0 Å². The third-order valence-corrected chi connectivity index (χ3v) is 7.11. The van der Waals surface area contributed by atoms with Crippen molar-refractivity contribution in [3.05, 3.63) is 21.4 Å². The number of carbonyl (C=O) groups excluding carboxylic acids is 2. The highest BCUT2D eigenvalue weighted by Crippen LogP contribution is 2.45. The van der Waals surface area contributed by atoms with Crippen LogP contribution in [0.15, 0.2) is 6.07 Å². The summed E-state index contributed by atoms with van der Waals surface area (Å²) in [5.74, 6) is 0.783. The van der Waals surface area contributed by atoms with Gasteiger partial charge in [-0.05, 0) is 37.1 Å². The van der Waals surface area contributed by atoms with Gasteiger partial charge in [-0.15, -0.1) is 11.3 Å². The van der Waals surface area contributed by atoms with Crippen LogP contribution in [-0.2, 0) is 21.6 Å². The lowest BCUT2D eigenvalue weighted by Crippen LogP contribution is -2.46. The molecular weight excluding hydrogens is 370 g/mol. The molecule has 1 saturated heterocycles. The van der Waals surface area contributed by atoms with Crippen LogP contribution in [0.2, 0.25) is 0 Å². The fourth-order valence-corrected chi connectivity index (χ4v) is 5.37. The molecule has 0 aliphatic carbocycles. The summed E-state index contributed by atoms with van der Waals surface area (Å²) >= 11 is 3.42. The SMILES string of the molecule is CNC(=O)CNC(=O)c1cc2c(s1)C1(CCN(CCSC)CC1)OCC2. The van der Waals surface area contributed by atoms with Gasteiger partial charge in [-0.1, -0.05) is 0 Å². The Morgan fingerprint density at radius 1 is 1.38 bits per heavy atom. The summed E-state index contributed by atoms with van der Waals surface area (Å²) in [4.78, 5) is 28.1. The van der Waals surface area contributed by atoms with Crippen LogP contribution in [0.25, 0.3) is 0 Å². The Kier molecular flexibility index (Phi) is 6.60. The number of hydrogen-bond acceptors (Lipinski definition) is 6. The predicted octanol–water partition coefficient (Wildman–Crippen LogP) is 1.45. The number of nitrogens with one attached hydrogen (secondary N) is 2. The van der Waals surface area contributed by atoms with Crippen LogP contribution in [0, 0.1) is 0 Å². The normalized spacial score (nSPS) is 19.2. The van der Waals surface area contributed by atoms with Crippen molar-refractivity contribution in [1.82, 2.24) is 15.5 Å². The van der Waals surface area contributed by atoms with E-state index in [9.17, 15) is 9.59 Å². The van der Waals surface area contributed by atoms with Gasteiger partial charge in [-0.3, -0.25) is 9.59 Å². The molecule has 6 nitrogen and oxygen atoms in total. The van der Waals surface area contributed by atoms with E-state index < -0.39 is 0 Å². The molecule has 1 aromatic heterocycles. The van der Waals surface area contributed by atoms with Crippen molar-refractivity contribution in [1.29, 1.82) is 0 Å². The Balaban J connectivity index is 1.69. The van der Waals surface area contributed by atoms with Gasteiger partial charge in [-0.2, -0.15) is 11.8 Å². The maximum atomic E-state index is 12.4. The second-order valence-electron chi connectivity index (χ2n) is 6.75.